The second-order valence-electron chi connectivity index (χ2n) is 6.12. The highest BCUT2D eigenvalue weighted by molar-refractivity contribution is 5.83. The molecule has 3 N–H and O–H groups in total. The number of piperidine rings is 2. The summed E-state index contributed by atoms with van der Waals surface area (Å²) in [7, 11) is 0. The van der Waals surface area contributed by atoms with Gasteiger partial charge < -0.3 is 20.6 Å². The van der Waals surface area contributed by atoms with Gasteiger partial charge in [-0.15, -0.1) is 0 Å². The van der Waals surface area contributed by atoms with Crippen LogP contribution in [0, 0.1) is 11.8 Å². The lowest BCUT2D eigenvalue weighted by Gasteiger charge is -2.40. The number of likely N-dealkylation sites (tertiary alicyclic amines) is 2. The number of nitrogens with zero attached hydrogens (tertiary/aromatic N) is 2. The molecule has 0 aromatic heterocycles. The maximum absolute atomic E-state index is 12.5. The number of nitrogens with two attached hydrogens (primary N) is 1. The number of urea groups is 1. The highest BCUT2D eigenvalue weighted by Gasteiger charge is 2.37. The predicted octanol–water partition coefficient (Wildman–Crippen LogP) is 0.489. The van der Waals surface area contributed by atoms with Gasteiger partial charge in [0.1, 0.15) is 6.04 Å². The Hall–Kier alpha value is -1.79. The van der Waals surface area contributed by atoms with Gasteiger partial charge in [-0.25, -0.2) is 9.59 Å². The van der Waals surface area contributed by atoms with Gasteiger partial charge >= 0.3 is 12.0 Å². The number of carbonyl (C=O) groups excluding carboxylic acids is 2. The van der Waals surface area contributed by atoms with Crippen LogP contribution < -0.4 is 5.73 Å². The molecule has 0 saturated carbocycles. The zero-order chi connectivity index (χ0) is 15.6. The van der Waals surface area contributed by atoms with Crippen LogP contribution in [0.3, 0.4) is 0 Å². The molecule has 2 heterocycles. The van der Waals surface area contributed by atoms with E-state index >= 15 is 0 Å². The largest absolute Gasteiger partial charge is 0.480 e. The number of carbonyl (C=O) groups is 3. The minimum absolute atomic E-state index is 0.175. The molecule has 0 aromatic rings. The second-order valence-corrected chi connectivity index (χ2v) is 6.12. The molecule has 2 atom stereocenters. The molecule has 7 nitrogen and oxygen atoms in total. The average molecular weight is 297 g/mol. The van der Waals surface area contributed by atoms with E-state index < -0.39 is 12.0 Å². The van der Waals surface area contributed by atoms with Gasteiger partial charge in [0.2, 0.25) is 5.91 Å². The van der Waals surface area contributed by atoms with Crippen molar-refractivity contribution in [3.05, 3.63) is 0 Å². The first-order chi connectivity index (χ1) is 9.90. The minimum Gasteiger partial charge on any atom is -0.480 e. The Morgan fingerprint density at radius 1 is 1.10 bits per heavy atom. The number of carboxylic acids is 1. The molecule has 0 radical (unpaired) electrons. The van der Waals surface area contributed by atoms with E-state index in [1.165, 1.54) is 4.90 Å². The molecule has 2 aliphatic heterocycles. The molecule has 7 heteroatoms. The van der Waals surface area contributed by atoms with Crippen molar-refractivity contribution in [1.29, 1.82) is 0 Å². The summed E-state index contributed by atoms with van der Waals surface area (Å²) in [5.74, 6) is -1.12. The first kappa shape index (κ1) is 15.6. The third-order valence-corrected chi connectivity index (χ3v) is 4.56. The lowest BCUT2D eigenvalue weighted by atomic mass is 9.92. The van der Waals surface area contributed by atoms with Crippen LogP contribution in [0.1, 0.15) is 32.6 Å². The average Bonchev–Trinajstić information content (AvgIpc) is 2.46. The highest BCUT2D eigenvalue weighted by atomic mass is 16.4. The first-order valence-corrected chi connectivity index (χ1v) is 7.47. The van der Waals surface area contributed by atoms with Gasteiger partial charge in [0.05, 0.1) is 0 Å². The van der Waals surface area contributed by atoms with Crippen LogP contribution in [-0.2, 0) is 9.59 Å². The zero-order valence-corrected chi connectivity index (χ0v) is 12.3. The summed E-state index contributed by atoms with van der Waals surface area (Å²) in [6, 6.07) is -0.965. The molecule has 21 heavy (non-hydrogen) atoms. The molecule has 0 bridgehead atoms. The number of amides is 3. The van der Waals surface area contributed by atoms with Crippen molar-refractivity contribution in [1.82, 2.24) is 9.80 Å². The summed E-state index contributed by atoms with van der Waals surface area (Å²) in [6.45, 7) is 3.42. The van der Waals surface area contributed by atoms with E-state index in [0.29, 0.717) is 44.8 Å². The monoisotopic (exact) mass is 297 g/mol. The molecular weight excluding hydrogens is 274 g/mol. The number of primary amides is 1. The minimum atomic E-state index is -0.943. The van der Waals surface area contributed by atoms with E-state index in [1.807, 2.05) is 6.92 Å². The predicted molar refractivity (Wildman–Crippen MR) is 75.4 cm³/mol. The van der Waals surface area contributed by atoms with Crippen LogP contribution in [0.25, 0.3) is 0 Å². The van der Waals surface area contributed by atoms with Gasteiger partial charge in [0, 0.05) is 25.6 Å². The third-order valence-electron chi connectivity index (χ3n) is 4.56. The molecule has 2 fully saturated rings. The summed E-state index contributed by atoms with van der Waals surface area (Å²) >= 11 is 0. The standard InChI is InChI=1S/C14H23N3O4/c1-9-2-7-17(11(8-9)13(19)20)14(21)16-5-3-10(4-6-16)12(15)18/h9-11H,2-8H2,1H3,(H2,15,18)(H,19,20). The van der Waals surface area contributed by atoms with Crippen LogP contribution in [-0.4, -0.2) is 58.5 Å². The van der Waals surface area contributed by atoms with Crippen LogP contribution >= 0.6 is 0 Å². The third kappa shape index (κ3) is 3.46. The molecule has 2 saturated heterocycles. The van der Waals surface area contributed by atoms with E-state index in [2.05, 4.69) is 0 Å². The van der Waals surface area contributed by atoms with Crippen LogP contribution in [0.5, 0.6) is 0 Å². The lowest BCUT2D eigenvalue weighted by Crippen LogP contribution is -2.56. The maximum Gasteiger partial charge on any atom is 0.326 e. The summed E-state index contributed by atoms with van der Waals surface area (Å²) in [5, 5.41) is 9.31. The number of hydrogen-bond donors (Lipinski definition) is 2. The summed E-state index contributed by atoms with van der Waals surface area (Å²) in [6.07, 6.45) is 2.44. The summed E-state index contributed by atoms with van der Waals surface area (Å²) < 4.78 is 0. The highest BCUT2D eigenvalue weighted by Crippen LogP contribution is 2.25. The van der Waals surface area contributed by atoms with Crippen molar-refractivity contribution in [2.45, 2.75) is 38.6 Å². The number of hydrogen-bond acceptors (Lipinski definition) is 3. The Morgan fingerprint density at radius 3 is 2.24 bits per heavy atom. The second kappa shape index (κ2) is 6.32. The van der Waals surface area contributed by atoms with Gasteiger partial charge in [0.25, 0.3) is 0 Å². The Kier molecular flexibility index (Phi) is 4.69. The SMILES string of the molecule is CC1CCN(C(=O)N2CCC(C(N)=O)CC2)C(C(=O)O)C1. The van der Waals surface area contributed by atoms with Gasteiger partial charge in [-0.3, -0.25) is 4.79 Å². The Morgan fingerprint density at radius 2 is 1.71 bits per heavy atom. The van der Waals surface area contributed by atoms with Gasteiger partial charge in [-0.1, -0.05) is 6.92 Å². The Labute approximate surface area is 124 Å². The van der Waals surface area contributed by atoms with Crippen molar-refractivity contribution in [3.8, 4) is 0 Å². The van der Waals surface area contributed by atoms with Gasteiger partial charge in [-0.05, 0) is 31.6 Å². The molecule has 3 amide bonds. The fourth-order valence-corrected chi connectivity index (χ4v) is 3.14. The first-order valence-electron chi connectivity index (χ1n) is 7.47. The maximum atomic E-state index is 12.5. The van der Waals surface area contributed by atoms with Crippen LogP contribution in [0.15, 0.2) is 0 Å². The van der Waals surface area contributed by atoms with E-state index in [0.717, 1.165) is 6.42 Å². The lowest BCUT2D eigenvalue weighted by molar-refractivity contribution is -0.144. The topological polar surface area (TPSA) is 104 Å². The van der Waals surface area contributed by atoms with Gasteiger partial charge in [-0.2, -0.15) is 0 Å². The van der Waals surface area contributed by atoms with Gasteiger partial charge in [0.15, 0.2) is 0 Å². The zero-order valence-electron chi connectivity index (χ0n) is 12.3. The molecule has 2 rings (SSSR count). The van der Waals surface area contributed by atoms with E-state index in [-0.39, 0.29) is 17.9 Å². The smallest absolute Gasteiger partial charge is 0.326 e. The van der Waals surface area contributed by atoms with Crippen molar-refractivity contribution in [3.63, 3.8) is 0 Å². The van der Waals surface area contributed by atoms with Crippen LogP contribution in [0.4, 0.5) is 4.79 Å². The molecule has 0 spiro atoms. The fraction of sp³-hybridized carbons (Fsp3) is 0.786. The molecular formula is C14H23N3O4. The van der Waals surface area contributed by atoms with E-state index in [9.17, 15) is 19.5 Å². The molecule has 2 unspecified atom stereocenters. The van der Waals surface area contributed by atoms with E-state index in [4.69, 9.17) is 5.73 Å². The molecule has 0 aliphatic carbocycles. The normalized spacial score (nSPS) is 27.5. The van der Waals surface area contributed by atoms with Crippen molar-refractivity contribution >= 4 is 17.9 Å². The Balaban J connectivity index is 1.99. The van der Waals surface area contributed by atoms with Crippen LogP contribution in [0.2, 0.25) is 0 Å². The number of rotatable bonds is 2. The quantitative estimate of drug-likeness (QED) is 0.774. The molecule has 118 valence electrons. The van der Waals surface area contributed by atoms with Crippen molar-refractivity contribution in [2.75, 3.05) is 19.6 Å². The summed E-state index contributed by atoms with van der Waals surface area (Å²) in [5.41, 5.74) is 5.28. The Bertz CT molecular complexity index is 432. The molecule has 2 aliphatic rings. The van der Waals surface area contributed by atoms with Crippen molar-refractivity contribution < 1.29 is 19.5 Å². The van der Waals surface area contributed by atoms with Crippen molar-refractivity contribution in [2.24, 2.45) is 17.6 Å². The molecule has 0 aromatic carbocycles. The fourth-order valence-electron chi connectivity index (χ4n) is 3.14. The summed E-state index contributed by atoms with van der Waals surface area (Å²) in [4.78, 5) is 38.1. The number of carboxylic acid groups (broad SMARTS) is 1. The van der Waals surface area contributed by atoms with E-state index in [1.54, 1.807) is 4.90 Å². The number of aliphatic carboxylic acids is 1.